The first-order chi connectivity index (χ1) is 14.4. The summed E-state index contributed by atoms with van der Waals surface area (Å²) < 4.78 is 6.30. The number of hydrogen-bond acceptors (Lipinski definition) is 3. The highest BCUT2D eigenvalue weighted by Crippen LogP contribution is 2.39. The summed E-state index contributed by atoms with van der Waals surface area (Å²) in [6.45, 7) is 15.3. The quantitative estimate of drug-likeness (QED) is 0.405. The molecule has 5 heteroatoms. The van der Waals surface area contributed by atoms with Gasteiger partial charge in [-0.2, -0.15) is 0 Å². The van der Waals surface area contributed by atoms with E-state index in [4.69, 9.17) is 22.1 Å². The molecule has 0 heterocycles. The third kappa shape index (κ3) is 5.94. The molecule has 2 aromatic carbocycles. The van der Waals surface area contributed by atoms with Gasteiger partial charge in [0.1, 0.15) is 5.75 Å². The zero-order chi connectivity index (χ0) is 23.4. The highest BCUT2D eigenvalue weighted by atomic mass is 35.5. The van der Waals surface area contributed by atoms with E-state index in [1.165, 1.54) is 5.56 Å². The van der Waals surface area contributed by atoms with Crippen LogP contribution in [0, 0.1) is 0 Å². The minimum atomic E-state index is -0.617. The topological polar surface area (TPSA) is 64.3 Å². The standard InChI is InChI=1S/C26H37ClN2O2/c1-8-22(24(30)29-18-12-13-20(27)21(28)16-18)31-23-14-11-17(25(4,5)9-2)15-19(23)26(6,7)10-3/h11-16,22H,8-10,28H2,1-7H3,(H,29,30)/t22-/m1/s1. The Morgan fingerprint density at radius 1 is 1.03 bits per heavy atom. The van der Waals surface area contributed by atoms with Gasteiger partial charge in [0, 0.05) is 11.3 Å². The number of anilines is 2. The number of halogens is 1. The average Bonchev–Trinajstić information content (AvgIpc) is 2.74. The maximum atomic E-state index is 12.9. The molecule has 0 aromatic heterocycles. The smallest absolute Gasteiger partial charge is 0.265 e. The SMILES string of the molecule is CC[C@@H](Oc1ccc(C(C)(C)CC)cc1C(C)(C)CC)C(=O)Nc1ccc(Cl)c(N)c1. The van der Waals surface area contributed by atoms with E-state index in [1.54, 1.807) is 18.2 Å². The molecule has 0 saturated carbocycles. The van der Waals surface area contributed by atoms with Gasteiger partial charge in [-0.25, -0.2) is 0 Å². The predicted molar refractivity (Wildman–Crippen MR) is 132 cm³/mol. The van der Waals surface area contributed by atoms with Crippen LogP contribution in [-0.2, 0) is 15.6 Å². The van der Waals surface area contributed by atoms with E-state index in [1.807, 2.05) is 13.0 Å². The van der Waals surface area contributed by atoms with Crippen molar-refractivity contribution in [3.63, 3.8) is 0 Å². The van der Waals surface area contributed by atoms with Crippen LogP contribution in [-0.4, -0.2) is 12.0 Å². The molecular weight excluding hydrogens is 408 g/mol. The van der Waals surface area contributed by atoms with Crippen molar-refractivity contribution in [3.8, 4) is 5.75 Å². The molecule has 2 rings (SSSR count). The van der Waals surface area contributed by atoms with Gasteiger partial charge in [-0.3, -0.25) is 4.79 Å². The molecule has 4 nitrogen and oxygen atoms in total. The van der Waals surface area contributed by atoms with Crippen LogP contribution >= 0.6 is 11.6 Å². The van der Waals surface area contributed by atoms with Gasteiger partial charge in [0.25, 0.3) is 5.91 Å². The van der Waals surface area contributed by atoms with Gasteiger partial charge >= 0.3 is 0 Å². The third-order valence-corrected chi connectivity index (χ3v) is 6.80. The molecular formula is C26H37ClN2O2. The number of rotatable bonds is 9. The van der Waals surface area contributed by atoms with E-state index >= 15 is 0 Å². The number of nitrogen functional groups attached to an aromatic ring is 1. The second kappa shape index (κ2) is 9.95. The number of amides is 1. The summed E-state index contributed by atoms with van der Waals surface area (Å²) in [5, 5.41) is 3.36. The predicted octanol–water partition coefficient (Wildman–Crippen LogP) is 7.09. The summed E-state index contributed by atoms with van der Waals surface area (Å²) >= 11 is 5.98. The Bertz CT molecular complexity index is 922. The first-order valence-electron chi connectivity index (χ1n) is 11.1. The van der Waals surface area contributed by atoms with E-state index in [-0.39, 0.29) is 16.7 Å². The van der Waals surface area contributed by atoms with Gasteiger partial charge in [-0.1, -0.05) is 72.2 Å². The zero-order valence-corrected chi connectivity index (χ0v) is 20.7. The van der Waals surface area contributed by atoms with Crippen LogP contribution in [0.3, 0.4) is 0 Å². The molecule has 1 amide bonds. The van der Waals surface area contributed by atoms with E-state index in [9.17, 15) is 4.79 Å². The Hall–Kier alpha value is -2.20. The van der Waals surface area contributed by atoms with Crippen molar-refractivity contribution in [2.24, 2.45) is 0 Å². The van der Waals surface area contributed by atoms with Gasteiger partial charge in [0.15, 0.2) is 6.10 Å². The largest absolute Gasteiger partial charge is 0.480 e. The van der Waals surface area contributed by atoms with Crippen molar-refractivity contribution in [1.82, 2.24) is 0 Å². The Labute approximate surface area is 192 Å². The molecule has 0 fully saturated rings. The molecule has 3 N–H and O–H groups in total. The van der Waals surface area contributed by atoms with Crippen LogP contribution in [0.2, 0.25) is 5.02 Å². The van der Waals surface area contributed by atoms with Crippen molar-refractivity contribution in [3.05, 3.63) is 52.5 Å². The van der Waals surface area contributed by atoms with Crippen LogP contribution in [0.5, 0.6) is 5.75 Å². The molecule has 2 aromatic rings. The number of carbonyl (C=O) groups is 1. The lowest BCUT2D eigenvalue weighted by Crippen LogP contribution is -2.33. The summed E-state index contributed by atoms with van der Waals surface area (Å²) in [5.41, 5.74) is 9.31. The summed E-state index contributed by atoms with van der Waals surface area (Å²) in [5.74, 6) is 0.558. The number of ether oxygens (including phenoxy) is 1. The van der Waals surface area contributed by atoms with Crippen molar-refractivity contribution < 1.29 is 9.53 Å². The summed E-state index contributed by atoms with van der Waals surface area (Å²) in [6, 6.07) is 11.5. The highest BCUT2D eigenvalue weighted by molar-refractivity contribution is 6.33. The molecule has 0 bridgehead atoms. The average molecular weight is 445 g/mol. The van der Waals surface area contributed by atoms with E-state index < -0.39 is 6.10 Å². The number of nitrogens with two attached hydrogens (primary N) is 1. The second-order valence-corrected chi connectivity index (χ2v) is 9.83. The Kier molecular flexibility index (Phi) is 8.04. The Balaban J connectivity index is 2.34. The maximum absolute atomic E-state index is 12.9. The molecule has 0 radical (unpaired) electrons. The number of benzene rings is 2. The monoisotopic (exact) mass is 444 g/mol. The third-order valence-electron chi connectivity index (χ3n) is 6.45. The maximum Gasteiger partial charge on any atom is 0.265 e. The van der Waals surface area contributed by atoms with Crippen molar-refractivity contribution in [2.75, 3.05) is 11.1 Å². The van der Waals surface area contributed by atoms with Crippen molar-refractivity contribution in [2.45, 2.75) is 84.7 Å². The van der Waals surface area contributed by atoms with E-state index in [0.717, 1.165) is 24.2 Å². The van der Waals surface area contributed by atoms with Crippen LogP contribution < -0.4 is 15.8 Å². The number of nitrogens with one attached hydrogen (secondary N) is 1. The van der Waals surface area contributed by atoms with Gasteiger partial charge in [0.05, 0.1) is 10.7 Å². The lowest BCUT2D eigenvalue weighted by atomic mass is 9.76. The lowest BCUT2D eigenvalue weighted by molar-refractivity contribution is -0.122. The lowest BCUT2D eigenvalue weighted by Gasteiger charge is -2.31. The van der Waals surface area contributed by atoms with Gasteiger partial charge in [-0.05, 0) is 59.9 Å². The van der Waals surface area contributed by atoms with Crippen molar-refractivity contribution >= 4 is 28.9 Å². The van der Waals surface area contributed by atoms with Crippen LogP contribution in [0.4, 0.5) is 11.4 Å². The minimum absolute atomic E-state index is 0.0748. The fraction of sp³-hybridized carbons (Fsp3) is 0.500. The molecule has 170 valence electrons. The van der Waals surface area contributed by atoms with E-state index in [0.29, 0.717) is 22.8 Å². The van der Waals surface area contributed by atoms with Gasteiger partial charge < -0.3 is 15.8 Å². The second-order valence-electron chi connectivity index (χ2n) is 9.43. The van der Waals surface area contributed by atoms with Crippen LogP contribution in [0.1, 0.15) is 78.9 Å². The van der Waals surface area contributed by atoms with Gasteiger partial charge in [-0.15, -0.1) is 0 Å². The van der Waals surface area contributed by atoms with Crippen LogP contribution in [0.25, 0.3) is 0 Å². The molecule has 0 aliphatic heterocycles. The van der Waals surface area contributed by atoms with Crippen LogP contribution in [0.15, 0.2) is 36.4 Å². The Morgan fingerprint density at radius 3 is 2.23 bits per heavy atom. The molecule has 0 saturated heterocycles. The first kappa shape index (κ1) is 25.1. The molecule has 0 unspecified atom stereocenters. The minimum Gasteiger partial charge on any atom is -0.480 e. The van der Waals surface area contributed by atoms with Crippen molar-refractivity contribution in [1.29, 1.82) is 0 Å². The highest BCUT2D eigenvalue weighted by Gasteiger charge is 2.28. The zero-order valence-electron chi connectivity index (χ0n) is 19.9. The molecule has 0 aliphatic carbocycles. The first-order valence-corrected chi connectivity index (χ1v) is 11.5. The number of hydrogen-bond donors (Lipinski definition) is 2. The molecule has 0 aliphatic rings. The molecule has 31 heavy (non-hydrogen) atoms. The molecule has 1 atom stereocenters. The fourth-order valence-electron chi connectivity index (χ4n) is 3.30. The molecule has 0 spiro atoms. The summed E-state index contributed by atoms with van der Waals surface area (Å²) in [7, 11) is 0. The normalized spacial score (nSPS) is 13.0. The summed E-state index contributed by atoms with van der Waals surface area (Å²) in [6.07, 6.45) is 1.94. The van der Waals surface area contributed by atoms with E-state index in [2.05, 4.69) is 59.0 Å². The van der Waals surface area contributed by atoms with Gasteiger partial charge in [0.2, 0.25) is 0 Å². The summed E-state index contributed by atoms with van der Waals surface area (Å²) in [4.78, 5) is 12.9. The fourth-order valence-corrected chi connectivity index (χ4v) is 3.41. The Morgan fingerprint density at radius 2 is 1.68 bits per heavy atom. The number of carbonyl (C=O) groups excluding carboxylic acids is 1.